The van der Waals surface area contributed by atoms with Crippen molar-refractivity contribution in [1.29, 1.82) is 0 Å². The summed E-state index contributed by atoms with van der Waals surface area (Å²) in [5.41, 5.74) is 5.06. The Morgan fingerprint density at radius 3 is 2.32 bits per heavy atom. The van der Waals surface area contributed by atoms with Crippen molar-refractivity contribution in [3.63, 3.8) is 0 Å². The van der Waals surface area contributed by atoms with E-state index >= 15 is 0 Å². The van der Waals surface area contributed by atoms with Crippen LogP contribution < -0.4 is 11.3 Å². The SMILES string of the molecule is CC(C)C(OCCn1cnc(N)cc1=O)(C(C)C)P(=O)(O)O. The molecule has 0 saturated carbocycles. The second-order valence-corrected chi connectivity index (χ2v) is 7.59. The molecule has 0 unspecified atom stereocenters. The highest BCUT2D eigenvalue weighted by molar-refractivity contribution is 7.53. The molecule has 0 aliphatic heterocycles. The number of nitrogen functional groups attached to an aromatic ring is 1. The van der Waals surface area contributed by atoms with Gasteiger partial charge in [-0.1, -0.05) is 27.7 Å². The van der Waals surface area contributed by atoms with Crippen LogP contribution in [0.4, 0.5) is 5.82 Å². The lowest BCUT2D eigenvalue weighted by molar-refractivity contribution is -0.0650. The maximum Gasteiger partial charge on any atom is 0.357 e. The third kappa shape index (κ3) is 3.76. The van der Waals surface area contributed by atoms with E-state index < -0.39 is 24.8 Å². The Hall–Kier alpha value is -1.21. The molecule has 0 aliphatic carbocycles. The Balaban J connectivity index is 2.94. The van der Waals surface area contributed by atoms with Crippen molar-refractivity contribution in [3.05, 3.63) is 22.7 Å². The summed E-state index contributed by atoms with van der Waals surface area (Å²) in [5, 5.41) is -1.59. The molecule has 0 aliphatic rings. The average molecular weight is 333 g/mol. The molecule has 0 fully saturated rings. The van der Waals surface area contributed by atoms with E-state index in [1.807, 2.05) is 0 Å². The van der Waals surface area contributed by atoms with Crippen LogP contribution >= 0.6 is 7.60 Å². The molecule has 0 radical (unpaired) electrons. The van der Waals surface area contributed by atoms with Crippen molar-refractivity contribution in [2.45, 2.75) is 39.6 Å². The first-order chi connectivity index (χ1) is 10.0. The van der Waals surface area contributed by atoms with Crippen LogP contribution in [0.1, 0.15) is 27.7 Å². The number of hydrogen-bond acceptors (Lipinski definition) is 5. The van der Waals surface area contributed by atoms with E-state index in [0.29, 0.717) is 0 Å². The Kier molecular flexibility index (Phi) is 5.92. The van der Waals surface area contributed by atoms with Crippen molar-refractivity contribution < 1.29 is 19.1 Å². The van der Waals surface area contributed by atoms with Gasteiger partial charge < -0.3 is 20.3 Å². The van der Waals surface area contributed by atoms with Gasteiger partial charge in [-0.3, -0.25) is 13.9 Å². The van der Waals surface area contributed by atoms with Crippen molar-refractivity contribution in [3.8, 4) is 0 Å². The number of anilines is 1. The molecule has 22 heavy (non-hydrogen) atoms. The Morgan fingerprint density at radius 2 is 1.91 bits per heavy atom. The summed E-state index contributed by atoms with van der Waals surface area (Å²) in [5.74, 6) is -0.666. The van der Waals surface area contributed by atoms with Gasteiger partial charge in [-0.05, 0) is 11.8 Å². The summed E-state index contributed by atoms with van der Waals surface area (Å²) in [6.07, 6.45) is 1.28. The van der Waals surface area contributed by atoms with Gasteiger partial charge in [0.2, 0.25) is 0 Å². The van der Waals surface area contributed by atoms with Gasteiger partial charge in [0.1, 0.15) is 5.82 Å². The topological polar surface area (TPSA) is 128 Å². The van der Waals surface area contributed by atoms with Crippen LogP contribution in [0.25, 0.3) is 0 Å². The molecule has 126 valence electrons. The van der Waals surface area contributed by atoms with Gasteiger partial charge in [-0.2, -0.15) is 0 Å². The minimum atomic E-state index is -4.51. The number of hydrogen-bond donors (Lipinski definition) is 3. The molecule has 0 bridgehead atoms. The van der Waals surface area contributed by atoms with Crippen LogP contribution in [-0.4, -0.2) is 31.3 Å². The highest BCUT2D eigenvalue weighted by Gasteiger charge is 2.53. The molecule has 1 heterocycles. The van der Waals surface area contributed by atoms with Crippen LogP contribution in [0.2, 0.25) is 0 Å². The van der Waals surface area contributed by atoms with Crippen LogP contribution in [0, 0.1) is 11.8 Å². The van der Waals surface area contributed by atoms with E-state index in [0.717, 1.165) is 0 Å². The molecule has 0 amide bonds. The maximum absolute atomic E-state index is 12.0. The molecule has 9 heteroatoms. The van der Waals surface area contributed by atoms with Gasteiger partial charge in [0.05, 0.1) is 19.5 Å². The molecule has 8 nitrogen and oxygen atoms in total. The third-order valence-electron chi connectivity index (χ3n) is 3.68. The first-order valence-electron chi connectivity index (χ1n) is 7.04. The van der Waals surface area contributed by atoms with Gasteiger partial charge in [-0.25, -0.2) is 4.98 Å². The summed E-state index contributed by atoms with van der Waals surface area (Å²) in [6.45, 7) is 6.93. The quantitative estimate of drug-likeness (QED) is 0.636. The van der Waals surface area contributed by atoms with Crippen LogP contribution in [0.15, 0.2) is 17.2 Å². The van der Waals surface area contributed by atoms with E-state index in [1.54, 1.807) is 27.7 Å². The zero-order valence-corrected chi connectivity index (χ0v) is 14.2. The second-order valence-electron chi connectivity index (χ2n) is 5.80. The molecule has 0 saturated heterocycles. The van der Waals surface area contributed by atoms with Gasteiger partial charge in [0.15, 0.2) is 5.34 Å². The maximum atomic E-state index is 12.0. The first-order valence-corrected chi connectivity index (χ1v) is 8.65. The van der Waals surface area contributed by atoms with Gasteiger partial charge in [0.25, 0.3) is 5.56 Å². The lowest BCUT2D eigenvalue weighted by Gasteiger charge is -2.41. The highest BCUT2D eigenvalue weighted by atomic mass is 31.2. The zero-order chi connectivity index (χ0) is 17.1. The Labute approximate surface area is 129 Å². The van der Waals surface area contributed by atoms with E-state index in [1.165, 1.54) is 17.0 Å². The van der Waals surface area contributed by atoms with Crippen molar-refractivity contribution in [2.24, 2.45) is 11.8 Å². The fraction of sp³-hybridized carbons (Fsp3) is 0.692. The number of aromatic nitrogens is 2. The fourth-order valence-electron chi connectivity index (χ4n) is 2.67. The average Bonchev–Trinajstić information content (AvgIpc) is 2.34. The zero-order valence-electron chi connectivity index (χ0n) is 13.3. The summed E-state index contributed by atoms with van der Waals surface area (Å²) >= 11 is 0. The van der Waals surface area contributed by atoms with Crippen LogP contribution in [0.3, 0.4) is 0 Å². The predicted molar refractivity (Wildman–Crippen MR) is 83.3 cm³/mol. The van der Waals surface area contributed by atoms with E-state index in [2.05, 4.69) is 4.98 Å². The molecule has 4 N–H and O–H groups in total. The number of nitrogens with zero attached hydrogens (tertiary/aromatic N) is 2. The number of rotatable bonds is 7. The summed E-state index contributed by atoms with van der Waals surface area (Å²) in [6, 6.07) is 1.18. The normalized spacial score (nSPS) is 13.1. The molecule has 0 aromatic carbocycles. The molecule has 0 spiro atoms. The standard InChI is InChI=1S/C13H24N3O5P/c1-9(2)13(10(3)4,22(18,19)20)21-6-5-16-8-15-11(14)7-12(16)17/h7-10H,5-6,14H2,1-4H3,(H2,18,19,20). The van der Waals surface area contributed by atoms with Crippen LogP contribution in [-0.2, 0) is 15.8 Å². The van der Waals surface area contributed by atoms with Crippen molar-refractivity contribution in [2.75, 3.05) is 12.3 Å². The number of ether oxygens (including phenoxy) is 1. The Bertz CT molecular complexity index is 600. The number of nitrogens with two attached hydrogens (primary N) is 1. The third-order valence-corrected chi connectivity index (χ3v) is 5.75. The van der Waals surface area contributed by atoms with E-state index in [4.69, 9.17) is 10.5 Å². The lowest BCUT2D eigenvalue weighted by atomic mass is 9.95. The van der Waals surface area contributed by atoms with Gasteiger partial charge >= 0.3 is 7.60 Å². The largest absolute Gasteiger partial charge is 0.383 e. The smallest absolute Gasteiger partial charge is 0.357 e. The predicted octanol–water partition coefficient (Wildman–Crippen LogP) is 1.03. The second kappa shape index (κ2) is 6.91. The molecule has 1 aromatic rings. The fourth-order valence-corrected chi connectivity index (χ4v) is 4.28. The Morgan fingerprint density at radius 1 is 1.36 bits per heavy atom. The van der Waals surface area contributed by atoms with Gasteiger partial charge in [0, 0.05) is 6.07 Å². The minimum absolute atomic E-state index is 0.0209. The summed E-state index contributed by atoms with van der Waals surface area (Å²) < 4.78 is 18.9. The van der Waals surface area contributed by atoms with Crippen molar-refractivity contribution in [1.82, 2.24) is 9.55 Å². The lowest BCUT2D eigenvalue weighted by Crippen LogP contribution is -2.44. The molecular formula is C13H24N3O5P. The minimum Gasteiger partial charge on any atom is -0.383 e. The monoisotopic (exact) mass is 333 g/mol. The van der Waals surface area contributed by atoms with E-state index in [-0.39, 0.29) is 24.5 Å². The van der Waals surface area contributed by atoms with Crippen molar-refractivity contribution >= 4 is 13.4 Å². The summed E-state index contributed by atoms with van der Waals surface area (Å²) in [4.78, 5) is 35.0. The first kappa shape index (κ1) is 18.8. The molecule has 1 aromatic heterocycles. The summed E-state index contributed by atoms with van der Waals surface area (Å²) in [7, 11) is -4.51. The molecule has 0 atom stereocenters. The molecule has 1 rings (SSSR count). The van der Waals surface area contributed by atoms with E-state index in [9.17, 15) is 19.1 Å². The van der Waals surface area contributed by atoms with Gasteiger partial charge in [-0.15, -0.1) is 0 Å². The van der Waals surface area contributed by atoms with Crippen LogP contribution in [0.5, 0.6) is 0 Å². The highest BCUT2D eigenvalue weighted by Crippen LogP contribution is 2.59. The molecular weight excluding hydrogens is 309 g/mol.